The lowest BCUT2D eigenvalue weighted by atomic mass is 10.2. The van der Waals surface area contributed by atoms with Gasteiger partial charge in [-0.15, -0.1) is 5.10 Å². The summed E-state index contributed by atoms with van der Waals surface area (Å²) in [6.45, 7) is 3.93. The normalized spacial score (nSPS) is 12.8. The number of aromatic nitrogens is 3. The number of nitrogens with zero attached hydrogens (tertiary/aromatic N) is 3. The zero-order valence-corrected chi connectivity index (χ0v) is 10.8. The van der Waals surface area contributed by atoms with Gasteiger partial charge < -0.3 is 5.73 Å². The van der Waals surface area contributed by atoms with E-state index in [4.69, 9.17) is 5.73 Å². The van der Waals surface area contributed by atoms with Gasteiger partial charge in [-0.3, -0.25) is 0 Å². The molecule has 0 saturated carbocycles. The summed E-state index contributed by atoms with van der Waals surface area (Å²) >= 11 is 3.49. The predicted octanol–water partition coefficient (Wildman–Crippen LogP) is 2.36. The predicted molar refractivity (Wildman–Crippen MR) is 66.4 cm³/mol. The summed E-state index contributed by atoms with van der Waals surface area (Å²) in [4.78, 5) is 0. The van der Waals surface area contributed by atoms with E-state index in [-0.39, 0.29) is 6.04 Å². The summed E-state index contributed by atoms with van der Waals surface area (Å²) in [7, 11) is 0. The number of hydrogen-bond donors (Lipinski definition) is 1. The summed E-state index contributed by atoms with van der Waals surface area (Å²) in [6.07, 6.45) is 1.85. The van der Waals surface area contributed by atoms with Gasteiger partial charge in [-0.25, -0.2) is 4.68 Å². The van der Waals surface area contributed by atoms with Crippen molar-refractivity contribution >= 4 is 15.9 Å². The average Bonchev–Trinajstić information content (AvgIpc) is 2.70. The van der Waals surface area contributed by atoms with Crippen molar-refractivity contribution in [1.29, 1.82) is 0 Å². The molecule has 1 heterocycles. The Hall–Kier alpha value is -1.20. The monoisotopic (exact) mass is 280 g/mol. The van der Waals surface area contributed by atoms with Crippen molar-refractivity contribution < 1.29 is 0 Å². The van der Waals surface area contributed by atoms with E-state index in [0.717, 1.165) is 15.9 Å². The molecular weight excluding hydrogens is 268 g/mol. The van der Waals surface area contributed by atoms with Gasteiger partial charge in [0, 0.05) is 10.5 Å². The van der Waals surface area contributed by atoms with Crippen LogP contribution in [0.25, 0.3) is 5.69 Å². The number of aryl methyl sites for hydroxylation is 1. The molecule has 0 bridgehead atoms. The minimum absolute atomic E-state index is 0.0997. The lowest BCUT2D eigenvalue weighted by molar-refractivity contribution is 0.756. The standard InChI is InChI=1S/C11H13BrN4/c1-7-3-4-9(12)11(5-7)16-6-10(8(2)13)14-15-16/h3-6,8H,13H2,1-2H3. The molecule has 2 aromatic rings. The Morgan fingerprint density at radius 2 is 2.19 bits per heavy atom. The van der Waals surface area contributed by atoms with Crippen molar-refractivity contribution in [2.24, 2.45) is 5.73 Å². The highest BCUT2D eigenvalue weighted by atomic mass is 79.9. The molecule has 0 aliphatic carbocycles. The molecule has 0 aliphatic heterocycles. The molecule has 1 unspecified atom stereocenters. The summed E-state index contributed by atoms with van der Waals surface area (Å²) in [6, 6.07) is 5.98. The number of rotatable bonds is 2. The van der Waals surface area contributed by atoms with Crippen molar-refractivity contribution in [3.63, 3.8) is 0 Å². The third-order valence-corrected chi connectivity index (χ3v) is 3.00. The quantitative estimate of drug-likeness (QED) is 0.919. The highest BCUT2D eigenvalue weighted by Gasteiger charge is 2.08. The van der Waals surface area contributed by atoms with E-state index >= 15 is 0 Å². The molecule has 0 aliphatic rings. The molecule has 0 fully saturated rings. The second-order valence-electron chi connectivity index (χ2n) is 3.83. The van der Waals surface area contributed by atoms with E-state index in [1.165, 1.54) is 5.56 Å². The maximum absolute atomic E-state index is 5.75. The number of hydrogen-bond acceptors (Lipinski definition) is 3. The highest BCUT2D eigenvalue weighted by molar-refractivity contribution is 9.10. The summed E-state index contributed by atoms with van der Waals surface area (Å²) in [5.41, 5.74) is 8.68. The Morgan fingerprint density at radius 3 is 2.81 bits per heavy atom. The molecule has 0 amide bonds. The minimum atomic E-state index is -0.0997. The molecule has 0 spiro atoms. The number of halogens is 1. The molecule has 0 saturated heterocycles. The summed E-state index contributed by atoms with van der Waals surface area (Å²) < 4.78 is 2.72. The molecule has 84 valence electrons. The first-order chi connectivity index (χ1) is 7.58. The van der Waals surface area contributed by atoms with Crippen molar-refractivity contribution in [2.45, 2.75) is 19.9 Å². The van der Waals surface area contributed by atoms with Gasteiger partial charge in [0.25, 0.3) is 0 Å². The molecule has 4 nitrogen and oxygen atoms in total. The fourth-order valence-corrected chi connectivity index (χ4v) is 1.83. The van der Waals surface area contributed by atoms with Crippen LogP contribution in [0.3, 0.4) is 0 Å². The highest BCUT2D eigenvalue weighted by Crippen LogP contribution is 2.22. The van der Waals surface area contributed by atoms with Crippen LogP contribution in [-0.2, 0) is 0 Å². The van der Waals surface area contributed by atoms with Gasteiger partial charge in [0.15, 0.2) is 0 Å². The van der Waals surface area contributed by atoms with Gasteiger partial charge in [-0.05, 0) is 47.5 Å². The maximum Gasteiger partial charge on any atom is 0.0995 e. The van der Waals surface area contributed by atoms with Crippen molar-refractivity contribution in [2.75, 3.05) is 0 Å². The fraction of sp³-hybridized carbons (Fsp3) is 0.273. The zero-order chi connectivity index (χ0) is 11.7. The first kappa shape index (κ1) is 11.3. The van der Waals surface area contributed by atoms with Crippen LogP contribution in [0.15, 0.2) is 28.9 Å². The molecule has 2 rings (SSSR count). The lowest BCUT2D eigenvalue weighted by Gasteiger charge is -2.04. The molecular formula is C11H13BrN4. The first-order valence-electron chi connectivity index (χ1n) is 5.02. The van der Waals surface area contributed by atoms with Gasteiger partial charge in [0.1, 0.15) is 0 Å². The van der Waals surface area contributed by atoms with Gasteiger partial charge in [-0.2, -0.15) is 0 Å². The van der Waals surface area contributed by atoms with E-state index in [9.17, 15) is 0 Å². The number of benzene rings is 1. The van der Waals surface area contributed by atoms with E-state index < -0.39 is 0 Å². The van der Waals surface area contributed by atoms with Crippen LogP contribution < -0.4 is 5.73 Å². The SMILES string of the molecule is Cc1ccc(Br)c(-n2cc(C(C)N)nn2)c1. The smallest absolute Gasteiger partial charge is 0.0995 e. The van der Waals surface area contributed by atoms with Crippen molar-refractivity contribution in [3.05, 3.63) is 40.1 Å². The molecule has 5 heteroatoms. The van der Waals surface area contributed by atoms with Crippen LogP contribution in [-0.4, -0.2) is 15.0 Å². The molecule has 2 N–H and O–H groups in total. The van der Waals surface area contributed by atoms with E-state index in [1.54, 1.807) is 4.68 Å². The minimum Gasteiger partial charge on any atom is -0.323 e. The molecule has 1 atom stereocenters. The van der Waals surface area contributed by atoms with Gasteiger partial charge >= 0.3 is 0 Å². The van der Waals surface area contributed by atoms with E-state index in [1.807, 2.05) is 38.2 Å². The van der Waals surface area contributed by atoms with E-state index in [2.05, 4.69) is 26.2 Å². The van der Waals surface area contributed by atoms with Crippen LogP contribution in [0.2, 0.25) is 0 Å². The Morgan fingerprint density at radius 1 is 1.44 bits per heavy atom. The fourth-order valence-electron chi connectivity index (χ4n) is 1.40. The maximum atomic E-state index is 5.75. The van der Waals surface area contributed by atoms with Crippen molar-refractivity contribution in [3.8, 4) is 5.69 Å². The Balaban J connectivity index is 2.46. The molecule has 16 heavy (non-hydrogen) atoms. The van der Waals surface area contributed by atoms with Gasteiger partial charge in [0.05, 0.1) is 17.6 Å². The second kappa shape index (κ2) is 4.35. The van der Waals surface area contributed by atoms with Crippen LogP contribution in [0.5, 0.6) is 0 Å². The second-order valence-corrected chi connectivity index (χ2v) is 4.69. The van der Waals surface area contributed by atoms with Gasteiger partial charge in [0.2, 0.25) is 0 Å². The zero-order valence-electron chi connectivity index (χ0n) is 9.18. The Kier molecular flexibility index (Phi) is 3.07. The molecule has 0 radical (unpaired) electrons. The van der Waals surface area contributed by atoms with Crippen molar-refractivity contribution in [1.82, 2.24) is 15.0 Å². The van der Waals surface area contributed by atoms with Crippen LogP contribution in [0.4, 0.5) is 0 Å². The topological polar surface area (TPSA) is 56.7 Å². The summed E-state index contributed by atoms with van der Waals surface area (Å²) in [5.74, 6) is 0. The third kappa shape index (κ3) is 2.15. The van der Waals surface area contributed by atoms with Crippen LogP contribution in [0, 0.1) is 6.92 Å². The van der Waals surface area contributed by atoms with Crippen LogP contribution in [0.1, 0.15) is 24.2 Å². The number of nitrogens with two attached hydrogens (primary N) is 1. The molecule has 1 aromatic carbocycles. The Labute approximate surface area is 103 Å². The van der Waals surface area contributed by atoms with Crippen LogP contribution >= 0.6 is 15.9 Å². The average molecular weight is 281 g/mol. The third-order valence-electron chi connectivity index (χ3n) is 2.33. The Bertz CT molecular complexity index is 504. The lowest BCUT2D eigenvalue weighted by Crippen LogP contribution is -2.04. The summed E-state index contributed by atoms with van der Waals surface area (Å²) in [5, 5.41) is 8.10. The first-order valence-corrected chi connectivity index (χ1v) is 5.81. The van der Waals surface area contributed by atoms with E-state index in [0.29, 0.717) is 0 Å². The molecule has 1 aromatic heterocycles. The largest absolute Gasteiger partial charge is 0.323 e. The van der Waals surface area contributed by atoms with Gasteiger partial charge in [-0.1, -0.05) is 11.3 Å².